The zero-order valence-electron chi connectivity index (χ0n) is 18.9. The quantitative estimate of drug-likeness (QED) is 0.256. The van der Waals surface area contributed by atoms with Crippen LogP contribution in [0.15, 0.2) is 48.6 Å². The highest BCUT2D eigenvalue weighted by atomic mass is 35.5. The summed E-state index contributed by atoms with van der Waals surface area (Å²) in [5.41, 5.74) is 1.90. The number of H-pyrrole nitrogens is 1. The van der Waals surface area contributed by atoms with Gasteiger partial charge in [0.1, 0.15) is 0 Å². The molecule has 0 bridgehead atoms. The molecule has 1 aromatic carbocycles. The molecule has 0 spiro atoms. The van der Waals surface area contributed by atoms with Crippen LogP contribution in [0.25, 0.3) is 11.3 Å². The zero-order chi connectivity index (χ0) is 24.5. The van der Waals surface area contributed by atoms with Crippen LogP contribution in [0.3, 0.4) is 0 Å². The molecule has 2 atom stereocenters. The van der Waals surface area contributed by atoms with Crippen LogP contribution in [0.2, 0.25) is 5.02 Å². The lowest BCUT2D eigenvalue weighted by Gasteiger charge is -2.17. The Bertz CT molecular complexity index is 1080. The normalized spacial score (nSPS) is 16.3. The van der Waals surface area contributed by atoms with Gasteiger partial charge in [-0.25, -0.2) is 4.79 Å². The number of benzene rings is 1. The number of hydrogen-bond donors (Lipinski definition) is 3. The lowest BCUT2D eigenvalue weighted by molar-refractivity contribution is -0.137. The van der Waals surface area contributed by atoms with E-state index >= 15 is 0 Å². The van der Waals surface area contributed by atoms with E-state index in [2.05, 4.69) is 15.6 Å². The van der Waals surface area contributed by atoms with E-state index in [1.54, 1.807) is 25.1 Å². The van der Waals surface area contributed by atoms with Gasteiger partial charge in [-0.2, -0.15) is 0 Å². The van der Waals surface area contributed by atoms with E-state index in [1.807, 2.05) is 18.2 Å². The van der Waals surface area contributed by atoms with Gasteiger partial charge >= 0.3 is 5.97 Å². The maximum absolute atomic E-state index is 12.6. The van der Waals surface area contributed by atoms with E-state index in [0.29, 0.717) is 30.1 Å². The molecule has 1 saturated heterocycles. The van der Waals surface area contributed by atoms with Gasteiger partial charge in [-0.1, -0.05) is 35.9 Å². The van der Waals surface area contributed by atoms with Crippen LogP contribution in [-0.2, 0) is 19.1 Å². The van der Waals surface area contributed by atoms with Crippen molar-refractivity contribution in [2.75, 3.05) is 13.2 Å². The summed E-state index contributed by atoms with van der Waals surface area (Å²) < 4.78 is 4.88. The number of carbonyl (C=O) groups excluding carboxylic acids is 4. The van der Waals surface area contributed by atoms with Gasteiger partial charge in [0.05, 0.1) is 12.3 Å². The van der Waals surface area contributed by atoms with Crippen LogP contribution in [0, 0.1) is 5.92 Å². The average Bonchev–Trinajstić information content (AvgIpc) is 3.46. The molecule has 2 unspecified atom stereocenters. The largest absolute Gasteiger partial charge is 0.463 e. The maximum atomic E-state index is 12.6. The van der Waals surface area contributed by atoms with Crippen molar-refractivity contribution in [1.82, 2.24) is 15.6 Å². The number of aromatic amines is 1. The number of nitrogens with one attached hydrogen (secondary N) is 3. The molecule has 2 heterocycles. The molecular formula is C25H28ClN3O5. The molecule has 8 nitrogen and oxygen atoms in total. The number of halogens is 1. The molecule has 3 rings (SSSR count). The fourth-order valence-corrected chi connectivity index (χ4v) is 4.02. The number of esters is 1. The average molecular weight is 486 g/mol. The first-order chi connectivity index (χ1) is 16.4. The Balaban J connectivity index is 1.57. The first-order valence-electron chi connectivity index (χ1n) is 11.3. The minimum Gasteiger partial charge on any atom is -0.463 e. The number of hydrogen-bond acceptors (Lipinski definition) is 5. The Morgan fingerprint density at radius 2 is 2.00 bits per heavy atom. The van der Waals surface area contributed by atoms with Crippen molar-refractivity contribution in [2.24, 2.45) is 5.92 Å². The van der Waals surface area contributed by atoms with Gasteiger partial charge in [-0.05, 0) is 38.0 Å². The highest BCUT2D eigenvalue weighted by Crippen LogP contribution is 2.27. The molecule has 34 heavy (non-hydrogen) atoms. The molecule has 1 aromatic heterocycles. The molecule has 9 heteroatoms. The van der Waals surface area contributed by atoms with Crippen LogP contribution >= 0.6 is 11.6 Å². The fourth-order valence-electron chi connectivity index (χ4n) is 3.78. The van der Waals surface area contributed by atoms with E-state index in [4.69, 9.17) is 16.3 Å². The Morgan fingerprint density at radius 1 is 1.21 bits per heavy atom. The molecule has 2 amide bonds. The minimum atomic E-state index is -0.529. The number of aromatic nitrogens is 1. The molecule has 1 aliphatic heterocycles. The molecule has 2 aromatic rings. The molecular weight excluding hydrogens is 458 g/mol. The van der Waals surface area contributed by atoms with Crippen LogP contribution < -0.4 is 10.6 Å². The van der Waals surface area contributed by atoms with E-state index in [1.165, 1.54) is 12.2 Å². The molecule has 0 saturated carbocycles. The topological polar surface area (TPSA) is 117 Å². The summed E-state index contributed by atoms with van der Waals surface area (Å²) in [5, 5.41) is 6.15. The summed E-state index contributed by atoms with van der Waals surface area (Å²) in [4.78, 5) is 51.8. The van der Waals surface area contributed by atoms with Gasteiger partial charge in [-0.3, -0.25) is 14.4 Å². The Kier molecular flexibility index (Phi) is 9.04. The monoisotopic (exact) mass is 485 g/mol. The van der Waals surface area contributed by atoms with E-state index in [9.17, 15) is 19.2 Å². The molecule has 0 aliphatic carbocycles. The highest BCUT2D eigenvalue weighted by molar-refractivity contribution is 6.33. The number of Topliss-reactive ketones (excluding diaryl/α,β-unsaturated/α-hetero) is 1. The third-order valence-electron chi connectivity index (χ3n) is 5.53. The van der Waals surface area contributed by atoms with E-state index in [0.717, 1.165) is 11.3 Å². The number of rotatable bonds is 11. The smallest absolute Gasteiger partial charge is 0.330 e. The lowest BCUT2D eigenvalue weighted by Crippen LogP contribution is -2.36. The number of ether oxygens (including phenoxy) is 1. The van der Waals surface area contributed by atoms with E-state index in [-0.39, 0.29) is 43.0 Å². The minimum absolute atomic E-state index is 0.00648. The van der Waals surface area contributed by atoms with Crippen LogP contribution in [-0.4, -0.2) is 47.7 Å². The van der Waals surface area contributed by atoms with Gasteiger partial charge in [0.15, 0.2) is 5.78 Å². The third kappa shape index (κ3) is 7.05. The SMILES string of the molecule is CCOC(=O)/C=C/C(CC1CCNC1=O)NC(=O)CCC(=O)c1ccc(-c2ccccc2Cl)[nH]1. The zero-order valence-corrected chi connectivity index (χ0v) is 19.7. The number of carbonyl (C=O) groups is 4. The van der Waals surface area contributed by atoms with Gasteiger partial charge in [0, 0.05) is 53.7 Å². The molecule has 1 aliphatic rings. The van der Waals surface area contributed by atoms with Crippen molar-refractivity contribution in [1.29, 1.82) is 0 Å². The van der Waals surface area contributed by atoms with Crippen LogP contribution in [0.5, 0.6) is 0 Å². The predicted octanol–water partition coefficient (Wildman–Crippen LogP) is 3.43. The molecule has 3 N–H and O–H groups in total. The highest BCUT2D eigenvalue weighted by Gasteiger charge is 2.27. The summed E-state index contributed by atoms with van der Waals surface area (Å²) in [7, 11) is 0. The van der Waals surface area contributed by atoms with Crippen LogP contribution in [0.4, 0.5) is 0 Å². The second kappa shape index (κ2) is 12.2. The Morgan fingerprint density at radius 3 is 2.71 bits per heavy atom. The lowest BCUT2D eigenvalue weighted by atomic mass is 9.97. The van der Waals surface area contributed by atoms with Crippen molar-refractivity contribution in [3.05, 3.63) is 59.3 Å². The van der Waals surface area contributed by atoms with Gasteiger partial charge < -0.3 is 20.4 Å². The first kappa shape index (κ1) is 25.2. The summed E-state index contributed by atoms with van der Waals surface area (Å²) in [6.45, 7) is 2.53. The summed E-state index contributed by atoms with van der Waals surface area (Å²) in [6.07, 6.45) is 3.79. The maximum Gasteiger partial charge on any atom is 0.330 e. The molecule has 0 radical (unpaired) electrons. The van der Waals surface area contributed by atoms with Gasteiger partial charge in [0.2, 0.25) is 11.8 Å². The third-order valence-corrected chi connectivity index (χ3v) is 5.86. The van der Waals surface area contributed by atoms with Crippen molar-refractivity contribution >= 4 is 35.2 Å². The Labute approximate surface area is 203 Å². The molecule has 180 valence electrons. The Hall–Kier alpha value is -3.39. The van der Waals surface area contributed by atoms with E-state index < -0.39 is 12.0 Å². The summed E-state index contributed by atoms with van der Waals surface area (Å²) in [5.74, 6) is -1.39. The first-order valence-corrected chi connectivity index (χ1v) is 11.6. The van der Waals surface area contributed by atoms with Crippen LogP contribution in [0.1, 0.15) is 43.1 Å². The van der Waals surface area contributed by atoms with Crippen molar-refractivity contribution < 1.29 is 23.9 Å². The standard InChI is InChI=1S/C25H28ClN3O5/c1-2-34-24(32)12-7-17(15-16-13-14-27-25(16)33)28-23(31)11-10-22(30)21-9-8-20(29-21)18-5-3-4-6-19(18)26/h3-9,12,16-17,29H,2,10-11,13-15H2,1H3,(H,27,33)(H,28,31)/b12-7+. The number of amides is 2. The van der Waals surface area contributed by atoms with Crippen molar-refractivity contribution in [3.8, 4) is 11.3 Å². The predicted molar refractivity (Wildman–Crippen MR) is 128 cm³/mol. The van der Waals surface area contributed by atoms with Gasteiger partial charge in [-0.15, -0.1) is 0 Å². The summed E-state index contributed by atoms with van der Waals surface area (Å²) >= 11 is 6.21. The van der Waals surface area contributed by atoms with Gasteiger partial charge in [0.25, 0.3) is 0 Å². The second-order valence-corrected chi connectivity index (χ2v) is 8.39. The van der Waals surface area contributed by atoms with Crippen molar-refractivity contribution in [2.45, 2.75) is 38.6 Å². The summed E-state index contributed by atoms with van der Waals surface area (Å²) in [6, 6.07) is 10.2. The van der Waals surface area contributed by atoms with Crippen molar-refractivity contribution in [3.63, 3.8) is 0 Å². The fraction of sp³-hybridized carbons (Fsp3) is 0.360. The number of ketones is 1. The second-order valence-electron chi connectivity index (χ2n) is 7.99. The molecule has 1 fully saturated rings.